The van der Waals surface area contributed by atoms with Crippen LogP contribution < -0.4 is 9.13 Å². The predicted octanol–water partition coefficient (Wildman–Crippen LogP) is 13.0. The van der Waals surface area contributed by atoms with Gasteiger partial charge in [-0.3, -0.25) is 0 Å². The molecule has 0 spiro atoms. The van der Waals surface area contributed by atoms with Gasteiger partial charge in [-0.2, -0.15) is 9.13 Å². The van der Waals surface area contributed by atoms with Crippen LogP contribution in [0.25, 0.3) is 106 Å². The molecule has 280 valence electrons. The van der Waals surface area contributed by atoms with Gasteiger partial charge in [0.25, 0.3) is 0 Å². The molecule has 0 saturated carbocycles. The molecule has 0 N–H and O–H groups in total. The second kappa shape index (κ2) is 13.1. The third kappa shape index (κ3) is 5.18. The number of benzene rings is 6. The Balaban J connectivity index is 0.000000133. The summed E-state index contributed by atoms with van der Waals surface area (Å²) in [6, 6.07) is 48.6. The minimum atomic E-state index is 1.26. The van der Waals surface area contributed by atoms with Crippen LogP contribution in [0.15, 0.2) is 146 Å². The lowest BCUT2D eigenvalue weighted by molar-refractivity contribution is -0.659. The molecular weight excluding hydrogens is 745 g/mol. The van der Waals surface area contributed by atoms with Crippen molar-refractivity contribution < 1.29 is 9.13 Å². The third-order valence-corrected chi connectivity index (χ3v) is 15.0. The first-order chi connectivity index (χ1) is 28.2. The Hall–Kier alpha value is -6.34. The molecule has 6 aromatic heterocycles. The molecule has 4 nitrogen and oxygen atoms in total. The summed E-state index contributed by atoms with van der Waals surface area (Å²) in [4.78, 5) is 2.71. The van der Waals surface area contributed by atoms with Gasteiger partial charge in [0, 0.05) is 68.1 Å². The van der Waals surface area contributed by atoms with Crippen LogP contribution in [0.2, 0.25) is 0 Å². The van der Waals surface area contributed by atoms with Crippen LogP contribution in [0.1, 0.15) is 11.1 Å². The number of thiophene rings is 2. The van der Waals surface area contributed by atoms with E-state index in [4.69, 9.17) is 0 Å². The van der Waals surface area contributed by atoms with E-state index >= 15 is 0 Å². The average molecular weight is 787 g/mol. The number of fused-ring (bicyclic) bond motifs is 11. The molecule has 0 atom stereocenters. The van der Waals surface area contributed by atoms with Gasteiger partial charge in [-0.05, 0) is 76.2 Å². The highest BCUT2D eigenvalue weighted by atomic mass is 32.1. The quantitative estimate of drug-likeness (QED) is 0.155. The highest BCUT2D eigenvalue weighted by molar-refractivity contribution is 7.22. The van der Waals surface area contributed by atoms with Gasteiger partial charge < -0.3 is 9.13 Å². The van der Waals surface area contributed by atoms with Crippen molar-refractivity contribution in [2.24, 2.45) is 28.2 Å². The number of rotatable bonds is 2. The highest BCUT2D eigenvalue weighted by Crippen LogP contribution is 2.41. The first-order valence-corrected chi connectivity index (χ1v) is 21.5. The van der Waals surface area contributed by atoms with Gasteiger partial charge in [-0.1, -0.05) is 97.1 Å². The summed E-state index contributed by atoms with van der Waals surface area (Å²) in [5.41, 5.74) is 10.4. The van der Waals surface area contributed by atoms with Crippen LogP contribution in [-0.4, -0.2) is 9.13 Å². The maximum atomic E-state index is 2.38. The second-order valence-electron chi connectivity index (χ2n) is 15.8. The number of hydrogen-bond donors (Lipinski definition) is 0. The van der Waals surface area contributed by atoms with E-state index < -0.39 is 0 Å². The van der Waals surface area contributed by atoms with Crippen LogP contribution in [0.5, 0.6) is 0 Å². The van der Waals surface area contributed by atoms with E-state index in [1.807, 2.05) is 22.7 Å². The normalized spacial score (nSPS) is 12.0. The molecule has 0 fully saturated rings. The zero-order valence-corrected chi connectivity index (χ0v) is 35.1. The molecule has 6 aromatic carbocycles. The van der Waals surface area contributed by atoms with Gasteiger partial charge in [-0.15, -0.1) is 22.7 Å². The van der Waals surface area contributed by atoms with Crippen molar-refractivity contribution in [3.8, 4) is 21.1 Å². The van der Waals surface area contributed by atoms with Crippen molar-refractivity contribution in [1.82, 2.24) is 9.13 Å². The molecule has 58 heavy (non-hydrogen) atoms. The molecule has 0 aliphatic rings. The number of nitrogens with zero attached hydrogens (tertiary/aromatic N) is 4. The SMILES string of the molecule is Cc1c(-c2cc3c4cc5ccccc5cc4n(C)c3c[n+]2C)sc2ccccc12.Cc1c(-c2cc3c4ccc5ccccc5c4n(C)c3c[n+]2C)sc2ccccc12. The lowest BCUT2D eigenvalue weighted by Crippen LogP contribution is -2.30. The van der Waals surface area contributed by atoms with Crippen molar-refractivity contribution in [2.75, 3.05) is 0 Å². The number of aromatic nitrogens is 4. The van der Waals surface area contributed by atoms with Gasteiger partial charge in [0.15, 0.2) is 12.4 Å². The van der Waals surface area contributed by atoms with Gasteiger partial charge in [0.2, 0.25) is 11.4 Å². The minimum Gasteiger partial charge on any atom is -0.339 e. The van der Waals surface area contributed by atoms with E-state index in [1.165, 1.54) is 118 Å². The monoisotopic (exact) mass is 786 g/mol. The molecule has 0 unspecified atom stereocenters. The topological polar surface area (TPSA) is 17.6 Å². The zero-order valence-electron chi connectivity index (χ0n) is 33.5. The van der Waals surface area contributed by atoms with E-state index in [9.17, 15) is 0 Å². The fourth-order valence-electron chi connectivity index (χ4n) is 9.33. The van der Waals surface area contributed by atoms with E-state index in [1.54, 1.807) is 0 Å². The molecule has 0 aliphatic heterocycles. The summed E-state index contributed by atoms with van der Waals surface area (Å²) in [6.07, 6.45) is 4.56. The molecule has 0 aliphatic carbocycles. The fourth-order valence-corrected chi connectivity index (χ4v) is 11.9. The minimum absolute atomic E-state index is 1.26. The van der Waals surface area contributed by atoms with Crippen LogP contribution >= 0.6 is 22.7 Å². The molecule has 12 aromatic rings. The van der Waals surface area contributed by atoms with Crippen LogP contribution in [0.4, 0.5) is 0 Å². The van der Waals surface area contributed by atoms with E-state index in [0.29, 0.717) is 0 Å². The second-order valence-corrected chi connectivity index (χ2v) is 17.9. The molecule has 0 bridgehead atoms. The maximum Gasteiger partial charge on any atom is 0.223 e. The van der Waals surface area contributed by atoms with Gasteiger partial charge in [0.1, 0.15) is 34.9 Å². The number of hydrogen-bond acceptors (Lipinski definition) is 2. The predicted molar refractivity (Wildman–Crippen MR) is 249 cm³/mol. The molecule has 6 heterocycles. The van der Waals surface area contributed by atoms with E-state index in [0.717, 1.165) is 0 Å². The summed E-state index contributed by atoms with van der Waals surface area (Å²) in [6.45, 7) is 4.49. The van der Waals surface area contributed by atoms with Crippen molar-refractivity contribution >= 4 is 108 Å². The van der Waals surface area contributed by atoms with Crippen molar-refractivity contribution in [2.45, 2.75) is 13.8 Å². The molecule has 0 saturated heterocycles. The lowest BCUT2D eigenvalue weighted by Gasteiger charge is -2.02. The number of aryl methyl sites for hydroxylation is 6. The standard InChI is InChI=1S/2C26H21N2S/c1-16-18-9-6-7-11-24(18)29-26(16)22-14-21-20-13-12-17-8-4-5-10-19(17)25(20)28(3)23(21)15-27(22)2;1-16-19-10-6-7-11-25(19)29-26(16)23-14-21-20-12-17-8-4-5-9-18(17)13-22(20)28(3)24(21)15-27(23)2/h2*4-15H,1-3H3/q2*+1. The van der Waals surface area contributed by atoms with Gasteiger partial charge in [-0.25, -0.2) is 0 Å². The Labute approximate surface area is 344 Å². The Bertz CT molecular complexity index is 3550. The van der Waals surface area contributed by atoms with Crippen LogP contribution in [0, 0.1) is 13.8 Å². The fraction of sp³-hybridized carbons (Fsp3) is 0.115. The van der Waals surface area contributed by atoms with Crippen LogP contribution in [-0.2, 0) is 28.2 Å². The van der Waals surface area contributed by atoms with Gasteiger partial charge in [0.05, 0.1) is 5.52 Å². The zero-order chi connectivity index (χ0) is 39.4. The first-order valence-electron chi connectivity index (χ1n) is 19.8. The molecule has 0 radical (unpaired) electrons. The Morgan fingerprint density at radius 1 is 0.414 bits per heavy atom. The summed E-state index contributed by atoms with van der Waals surface area (Å²) in [5, 5.41) is 13.2. The van der Waals surface area contributed by atoms with E-state index in [-0.39, 0.29) is 0 Å². The summed E-state index contributed by atoms with van der Waals surface area (Å²) >= 11 is 3.77. The Morgan fingerprint density at radius 2 is 0.879 bits per heavy atom. The van der Waals surface area contributed by atoms with Crippen molar-refractivity contribution in [3.63, 3.8) is 0 Å². The first kappa shape index (κ1) is 34.9. The summed E-state index contributed by atoms with van der Waals surface area (Å²) in [5.74, 6) is 0. The lowest BCUT2D eigenvalue weighted by atomic mass is 10.1. The highest BCUT2D eigenvalue weighted by Gasteiger charge is 2.23. The number of pyridine rings is 2. The van der Waals surface area contributed by atoms with Crippen molar-refractivity contribution in [1.29, 1.82) is 0 Å². The Morgan fingerprint density at radius 3 is 1.47 bits per heavy atom. The largest absolute Gasteiger partial charge is 0.339 e. The molecular formula is C52H42N4S2+2. The molecule has 0 amide bonds. The molecule has 6 heteroatoms. The smallest absolute Gasteiger partial charge is 0.223 e. The van der Waals surface area contributed by atoms with E-state index in [2.05, 4.69) is 206 Å². The van der Waals surface area contributed by atoms with Crippen LogP contribution in [0.3, 0.4) is 0 Å². The summed E-state index contributed by atoms with van der Waals surface area (Å²) in [7, 11) is 8.67. The third-order valence-electron chi connectivity index (χ3n) is 12.4. The van der Waals surface area contributed by atoms with Gasteiger partial charge >= 0.3 is 0 Å². The molecule has 12 rings (SSSR count). The maximum absolute atomic E-state index is 2.38. The Kier molecular flexibility index (Phi) is 7.88. The summed E-state index contributed by atoms with van der Waals surface area (Å²) < 4.78 is 11.9. The van der Waals surface area contributed by atoms with Crippen molar-refractivity contribution in [3.05, 3.63) is 157 Å². The average Bonchev–Trinajstić information content (AvgIpc) is 3.94.